The van der Waals surface area contributed by atoms with Crippen molar-refractivity contribution in [1.29, 1.82) is 0 Å². The Kier molecular flexibility index (Phi) is 7.87. The molecule has 1 aliphatic rings. The fraction of sp³-hybridized carbons (Fsp3) is 0.500. The molecule has 1 saturated heterocycles. The molecule has 2 amide bonds. The highest BCUT2D eigenvalue weighted by Gasteiger charge is 2.34. The van der Waals surface area contributed by atoms with E-state index in [1.54, 1.807) is 6.07 Å². The van der Waals surface area contributed by atoms with Crippen LogP contribution in [0, 0.1) is 0 Å². The van der Waals surface area contributed by atoms with Crippen molar-refractivity contribution < 1.29 is 23.9 Å². The van der Waals surface area contributed by atoms with Gasteiger partial charge in [0.05, 0.1) is 13.0 Å². The van der Waals surface area contributed by atoms with Crippen molar-refractivity contribution in [3.05, 3.63) is 34.9 Å². The molecule has 26 heavy (non-hydrogen) atoms. The maximum atomic E-state index is 12.6. The summed E-state index contributed by atoms with van der Waals surface area (Å²) in [5, 5.41) is 3.29. The number of rotatable bonds is 8. The Morgan fingerprint density at radius 2 is 2.08 bits per heavy atom. The van der Waals surface area contributed by atoms with Crippen LogP contribution in [-0.4, -0.2) is 62.1 Å². The second-order valence-corrected chi connectivity index (χ2v) is 6.31. The number of hydrogen-bond donors (Lipinski definition) is 1. The molecule has 0 radical (unpaired) electrons. The topological polar surface area (TPSA) is 84.9 Å². The zero-order chi connectivity index (χ0) is 18.9. The highest BCUT2D eigenvalue weighted by atomic mass is 35.5. The third kappa shape index (κ3) is 5.71. The van der Waals surface area contributed by atoms with Crippen LogP contribution in [0.1, 0.15) is 18.4 Å². The van der Waals surface area contributed by atoms with Crippen LogP contribution in [-0.2, 0) is 30.3 Å². The third-order valence-corrected chi connectivity index (χ3v) is 4.50. The standard InChI is InChI=1S/C18H23ClN2O5/c1-25-10-11-26-17(23)12-15-18(24)20-8-9-21(15)16(22)7-6-13-4-2-3-5-14(13)19/h2-5,15H,6-12H2,1H3,(H,20,24). The summed E-state index contributed by atoms with van der Waals surface area (Å²) >= 11 is 6.11. The van der Waals surface area contributed by atoms with E-state index in [2.05, 4.69) is 5.32 Å². The molecule has 1 heterocycles. The maximum absolute atomic E-state index is 12.6. The summed E-state index contributed by atoms with van der Waals surface area (Å²) in [5.74, 6) is -1.06. The van der Waals surface area contributed by atoms with Crippen LogP contribution < -0.4 is 5.32 Å². The van der Waals surface area contributed by atoms with Gasteiger partial charge in [-0.2, -0.15) is 0 Å². The number of esters is 1. The minimum Gasteiger partial charge on any atom is -0.463 e. The number of halogens is 1. The van der Waals surface area contributed by atoms with Crippen LogP contribution in [0.4, 0.5) is 0 Å². The van der Waals surface area contributed by atoms with E-state index in [0.29, 0.717) is 24.5 Å². The molecule has 1 unspecified atom stereocenters. The fourth-order valence-electron chi connectivity index (χ4n) is 2.76. The first-order chi connectivity index (χ1) is 12.5. The molecule has 0 aromatic heterocycles. The van der Waals surface area contributed by atoms with E-state index < -0.39 is 12.0 Å². The number of aryl methyl sites for hydroxylation is 1. The molecule has 8 heteroatoms. The third-order valence-electron chi connectivity index (χ3n) is 4.13. The number of amides is 2. The average molecular weight is 383 g/mol. The van der Waals surface area contributed by atoms with Crippen LogP contribution >= 0.6 is 11.6 Å². The number of benzene rings is 1. The molecule has 1 fully saturated rings. The van der Waals surface area contributed by atoms with Gasteiger partial charge in [-0.15, -0.1) is 0 Å². The van der Waals surface area contributed by atoms with Gasteiger partial charge in [-0.3, -0.25) is 14.4 Å². The number of hydrogen-bond acceptors (Lipinski definition) is 5. The van der Waals surface area contributed by atoms with Gasteiger partial charge < -0.3 is 19.7 Å². The van der Waals surface area contributed by atoms with Crippen molar-refractivity contribution in [2.45, 2.75) is 25.3 Å². The predicted molar refractivity (Wildman–Crippen MR) is 95.7 cm³/mol. The lowest BCUT2D eigenvalue weighted by molar-refractivity contribution is -0.152. The van der Waals surface area contributed by atoms with E-state index in [4.69, 9.17) is 21.1 Å². The molecule has 0 aliphatic carbocycles. The molecule has 1 aromatic carbocycles. The molecule has 1 aliphatic heterocycles. The molecular formula is C18H23ClN2O5. The quantitative estimate of drug-likeness (QED) is 0.539. The fourth-order valence-corrected chi connectivity index (χ4v) is 2.99. The van der Waals surface area contributed by atoms with E-state index in [-0.39, 0.29) is 37.9 Å². The van der Waals surface area contributed by atoms with Gasteiger partial charge in [0.2, 0.25) is 11.8 Å². The summed E-state index contributed by atoms with van der Waals surface area (Å²) < 4.78 is 9.82. The molecule has 7 nitrogen and oxygen atoms in total. The Morgan fingerprint density at radius 1 is 1.31 bits per heavy atom. The van der Waals surface area contributed by atoms with E-state index in [0.717, 1.165) is 5.56 Å². The smallest absolute Gasteiger partial charge is 0.308 e. The first-order valence-electron chi connectivity index (χ1n) is 8.48. The molecule has 142 valence electrons. The number of nitrogens with one attached hydrogen (secondary N) is 1. The van der Waals surface area contributed by atoms with Crippen LogP contribution in [0.2, 0.25) is 5.02 Å². The number of carbonyl (C=O) groups excluding carboxylic acids is 3. The number of carbonyl (C=O) groups is 3. The Labute approximate surface area is 157 Å². The molecule has 0 saturated carbocycles. The number of nitrogens with zero attached hydrogens (tertiary/aromatic N) is 1. The SMILES string of the molecule is COCCOC(=O)CC1C(=O)NCCN1C(=O)CCc1ccccc1Cl. The minimum absolute atomic E-state index is 0.115. The lowest BCUT2D eigenvalue weighted by Crippen LogP contribution is -2.57. The second kappa shape index (κ2) is 10.1. The Bertz CT molecular complexity index is 652. The van der Waals surface area contributed by atoms with E-state index in [1.807, 2.05) is 18.2 Å². The lowest BCUT2D eigenvalue weighted by atomic mass is 10.1. The van der Waals surface area contributed by atoms with Crippen molar-refractivity contribution in [2.24, 2.45) is 0 Å². The maximum Gasteiger partial charge on any atom is 0.308 e. The molecule has 1 atom stereocenters. The molecular weight excluding hydrogens is 360 g/mol. The van der Waals surface area contributed by atoms with Crippen LogP contribution in [0.25, 0.3) is 0 Å². The van der Waals surface area contributed by atoms with Crippen molar-refractivity contribution >= 4 is 29.4 Å². The highest BCUT2D eigenvalue weighted by Crippen LogP contribution is 2.18. The van der Waals surface area contributed by atoms with Crippen molar-refractivity contribution in [2.75, 3.05) is 33.4 Å². The zero-order valence-electron chi connectivity index (χ0n) is 14.7. The molecule has 1 N–H and O–H groups in total. The minimum atomic E-state index is -0.849. The molecule has 0 bridgehead atoms. The van der Waals surface area contributed by atoms with Crippen molar-refractivity contribution in [3.8, 4) is 0 Å². The summed E-state index contributed by atoms with van der Waals surface area (Å²) in [4.78, 5) is 38.1. The molecule has 1 aromatic rings. The van der Waals surface area contributed by atoms with Crippen LogP contribution in [0.3, 0.4) is 0 Å². The van der Waals surface area contributed by atoms with Gasteiger partial charge in [0, 0.05) is 31.6 Å². The van der Waals surface area contributed by atoms with Gasteiger partial charge in [0.15, 0.2) is 0 Å². The van der Waals surface area contributed by atoms with Gasteiger partial charge in [-0.25, -0.2) is 0 Å². The van der Waals surface area contributed by atoms with Gasteiger partial charge in [-0.05, 0) is 18.1 Å². The highest BCUT2D eigenvalue weighted by molar-refractivity contribution is 6.31. The Morgan fingerprint density at radius 3 is 2.81 bits per heavy atom. The summed E-state index contributed by atoms with van der Waals surface area (Å²) in [6.07, 6.45) is 0.515. The summed E-state index contributed by atoms with van der Waals surface area (Å²) in [5.41, 5.74) is 0.875. The number of methoxy groups -OCH3 is 1. The molecule has 2 rings (SSSR count). The van der Waals surface area contributed by atoms with Crippen LogP contribution in [0.15, 0.2) is 24.3 Å². The first-order valence-corrected chi connectivity index (χ1v) is 8.86. The van der Waals surface area contributed by atoms with Crippen LogP contribution in [0.5, 0.6) is 0 Å². The average Bonchev–Trinajstić information content (AvgIpc) is 2.62. The normalized spacial score (nSPS) is 16.9. The van der Waals surface area contributed by atoms with Gasteiger partial charge in [-0.1, -0.05) is 29.8 Å². The molecule has 0 spiro atoms. The summed E-state index contributed by atoms with van der Waals surface area (Å²) in [6, 6.07) is 6.47. The first kappa shape index (κ1) is 20.2. The van der Waals surface area contributed by atoms with Gasteiger partial charge >= 0.3 is 5.97 Å². The van der Waals surface area contributed by atoms with Crippen molar-refractivity contribution in [3.63, 3.8) is 0 Å². The Balaban J connectivity index is 1.95. The van der Waals surface area contributed by atoms with Crippen molar-refractivity contribution in [1.82, 2.24) is 10.2 Å². The monoisotopic (exact) mass is 382 g/mol. The van der Waals surface area contributed by atoms with E-state index >= 15 is 0 Å². The number of piperazine rings is 1. The van der Waals surface area contributed by atoms with E-state index in [9.17, 15) is 14.4 Å². The van der Waals surface area contributed by atoms with Gasteiger partial charge in [0.25, 0.3) is 0 Å². The summed E-state index contributed by atoms with van der Waals surface area (Å²) in [6.45, 7) is 1.13. The predicted octanol–water partition coefficient (Wildman–Crippen LogP) is 1.18. The largest absolute Gasteiger partial charge is 0.463 e. The number of ether oxygens (including phenoxy) is 2. The zero-order valence-corrected chi connectivity index (χ0v) is 15.5. The summed E-state index contributed by atoms with van der Waals surface area (Å²) in [7, 11) is 1.50. The van der Waals surface area contributed by atoms with E-state index in [1.165, 1.54) is 12.0 Å². The Hall–Kier alpha value is -2.12. The van der Waals surface area contributed by atoms with Gasteiger partial charge in [0.1, 0.15) is 12.6 Å². The second-order valence-electron chi connectivity index (χ2n) is 5.90. The lowest BCUT2D eigenvalue weighted by Gasteiger charge is -2.34.